The van der Waals surface area contributed by atoms with Crippen molar-refractivity contribution in [3.8, 4) is 5.75 Å². The summed E-state index contributed by atoms with van der Waals surface area (Å²) in [5.74, 6) is -0.0533. The van der Waals surface area contributed by atoms with Gasteiger partial charge in [0.1, 0.15) is 12.4 Å². The van der Waals surface area contributed by atoms with Crippen molar-refractivity contribution < 1.29 is 18.6 Å². The molecule has 1 aliphatic heterocycles. The minimum Gasteiger partial charge on any atom is -0.431 e. The third-order valence-corrected chi connectivity index (χ3v) is 5.25. The summed E-state index contributed by atoms with van der Waals surface area (Å²) < 4.78 is 31.0. The number of ether oxygens (including phenoxy) is 1. The largest absolute Gasteiger partial charge is 0.431 e. The fourth-order valence-electron chi connectivity index (χ4n) is 4.00. The van der Waals surface area contributed by atoms with E-state index in [1.165, 1.54) is 25.0 Å². The number of fused-ring (bicyclic) bond motifs is 1. The van der Waals surface area contributed by atoms with E-state index in [9.17, 15) is 8.78 Å². The molecule has 4 nitrogen and oxygen atoms in total. The standard InChI is InChI=1S/C18H25ClF2N2O2/c1-17(2)10-23(16-6-4-3-5-14(16)22-17)15-8-7-12(9-13(15)19)25-18(20,21)11-24/h7-9,14,16,22,24H,3-6,10-11H2,1-2H3/t14-,16+/m1/s1. The van der Waals surface area contributed by atoms with E-state index in [2.05, 4.69) is 28.8 Å². The highest BCUT2D eigenvalue weighted by Crippen LogP contribution is 2.38. The molecule has 0 bridgehead atoms. The minimum absolute atomic E-state index is 0.0533. The van der Waals surface area contributed by atoms with Gasteiger partial charge in [-0.05, 0) is 38.8 Å². The lowest BCUT2D eigenvalue weighted by Crippen LogP contribution is -2.67. The Morgan fingerprint density at radius 1 is 1.36 bits per heavy atom. The van der Waals surface area contributed by atoms with Crippen LogP contribution in [0.2, 0.25) is 5.02 Å². The zero-order chi connectivity index (χ0) is 18.2. The average molecular weight is 375 g/mol. The van der Waals surface area contributed by atoms with Crippen molar-refractivity contribution in [2.24, 2.45) is 0 Å². The number of nitrogens with one attached hydrogen (secondary N) is 1. The maximum absolute atomic E-state index is 13.2. The lowest BCUT2D eigenvalue weighted by atomic mass is 9.83. The van der Waals surface area contributed by atoms with Crippen LogP contribution in [0.1, 0.15) is 39.5 Å². The van der Waals surface area contributed by atoms with Gasteiger partial charge in [-0.25, -0.2) is 0 Å². The second-order valence-corrected chi connectivity index (χ2v) is 8.03. The van der Waals surface area contributed by atoms with Crippen molar-refractivity contribution in [1.29, 1.82) is 0 Å². The number of nitrogens with zero attached hydrogens (tertiary/aromatic N) is 1. The van der Waals surface area contributed by atoms with Crippen molar-refractivity contribution >= 4 is 17.3 Å². The number of piperazine rings is 1. The molecule has 2 N–H and O–H groups in total. The summed E-state index contributed by atoms with van der Waals surface area (Å²) in [7, 11) is 0. The van der Waals surface area contributed by atoms with Crippen LogP contribution in [0.3, 0.4) is 0 Å². The predicted molar refractivity (Wildman–Crippen MR) is 94.7 cm³/mol. The molecule has 0 spiro atoms. The van der Waals surface area contributed by atoms with Crippen molar-refractivity contribution in [3.63, 3.8) is 0 Å². The molecule has 2 aliphatic rings. The van der Waals surface area contributed by atoms with Gasteiger partial charge in [0.25, 0.3) is 0 Å². The predicted octanol–water partition coefficient (Wildman–Crippen LogP) is 3.80. The maximum Gasteiger partial charge on any atom is 0.421 e. The number of hydrogen-bond acceptors (Lipinski definition) is 4. The summed E-state index contributed by atoms with van der Waals surface area (Å²) in [6, 6.07) is 5.37. The molecule has 0 amide bonds. The second kappa shape index (κ2) is 6.89. The van der Waals surface area contributed by atoms with Gasteiger partial charge in [-0.3, -0.25) is 0 Å². The maximum atomic E-state index is 13.2. The first kappa shape index (κ1) is 18.7. The van der Waals surface area contributed by atoms with E-state index in [1.54, 1.807) is 6.07 Å². The Morgan fingerprint density at radius 2 is 2.08 bits per heavy atom. The van der Waals surface area contributed by atoms with E-state index in [0.29, 0.717) is 17.1 Å². The molecule has 1 aromatic carbocycles. The van der Waals surface area contributed by atoms with Crippen molar-refractivity contribution in [1.82, 2.24) is 5.32 Å². The molecule has 25 heavy (non-hydrogen) atoms. The van der Waals surface area contributed by atoms with Crippen molar-refractivity contribution in [2.75, 3.05) is 18.1 Å². The van der Waals surface area contributed by atoms with Crippen LogP contribution in [-0.2, 0) is 0 Å². The van der Waals surface area contributed by atoms with Crippen LogP contribution in [0.25, 0.3) is 0 Å². The van der Waals surface area contributed by atoms with Gasteiger partial charge < -0.3 is 20.1 Å². The first-order valence-electron chi connectivity index (χ1n) is 8.72. The van der Waals surface area contributed by atoms with Crippen LogP contribution in [-0.4, -0.2) is 42.0 Å². The molecule has 7 heteroatoms. The zero-order valence-corrected chi connectivity index (χ0v) is 15.3. The number of aliphatic hydroxyl groups excluding tert-OH is 1. The molecule has 1 saturated heterocycles. The zero-order valence-electron chi connectivity index (χ0n) is 14.6. The smallest absolute Gasteiger partial charge is 0.421 e. The Hall–Kier alpha value is -1.11. The molecule has 0 radical (unpaired) electrons. The van der Waals surface area contributed by atoms with Crippen LogP contribution in [0, 0.1) is 0 Å². The van der Waals surface area contributed by atoms with E-state index in [1.807, 2.05) is 0 Å². The first-order chi connectivity index (χ1) is 11.7. The Labute approximate surface area is 152 Å². The quantitative estimate of drug-likeness (QED) is 0.841. The van der Waals surface area contributed by atoms with E-state index in [-0.39, 0.29) is 11.3 Å². The van der Waals surface area contributed by atoms with Crippen molar-refractivity contribution in [2.45, 2.75) is 63.3 Å². The van der Waals surface area contributed by atoms with Gasteiger partial charge in [0.05, 0.1) is 10.7 Å². The Morgan fingerprint density at radius 3 is 2.76 bits per heavy atom. The highest BCUT2D eigenvalue weighted by atomic mass is 35.5. The van der Waals surface area contributed by atoms with E-state index < -0.39 is 12.7 Å². The van der Waals surface area contributed by atoms with Gasteiger partial charge in [-0.15, -0.1) is 0 Å². The molecule has 0 aromatic heterocycles. The van der Waals surface area contributed by atoms with Gasteiger partial charge in [-0.2, -0.15) is 8.78 Å². The number of alkyl halides is 2. The number of halogens is 3. The van der Waals surface area contributed by atoms with Gasteiger partial charge in [0, 0.05) is 30.2 Å². The summed E-state index contributed by atoms with van der Waals surface area (Å²) in [4.78, 5) is 2.30. The van der Waals surface area contributed by atoms with Crippen LogP contribution in [0.5, 0.6) is 5.75 Å². The highest BCUT2D eigenvalue weighted by molar-refractivity contribution is 6.33. The van der Waals surface area contributed by atoms with Crippen LogP contribution in [0.4, 0.5) is 14.5 Å². The molecule has 1 aliphatic carbocycles. The monoisotopic (exact) mass is 374 g/mol. The summed E-state index contributed by atoms with van der Waals surface area (Å²) >= 11 is 6.41. The third kappa shape index (κ3) is 4.18. The number of benzene rings is 1. The van der Waals surface area contributed by atoms with Crippen molar-refractivity contribution in [3.05, 3.63) is 23.2 Å². The van der Waals surface area contributed by atoms with Gasteiger partial charge in [0.2, 0.25) is 0 Å². The molecule has 2 fully saturated rings. The summed E-state index contributed by atoms with van der Waals surface area (Å²) in [5.41, 5.74) is 0.786. The topological polar surface area (TPSA) is 44.7 Å². The SMILES string of the molecule is CC1(C)CN(c2ccc(OC(F)(F)CO)cc2Cl)[C@H]2CCCC[C@H]2N1. The fraction of sp³-hybridized carbons (Fsp3) is 0.667. The van der Waals surface area contributed by atoms with Crippen LogP contribution in [0.15, 0.2) is 18.2 Å². The number of rotatable bonds is 4. The number of anilines is 1. The first-order valence-corrected chi connectivity index (χ1v) is 9.10. The average Bonchev–Trinajstić information content (AvgIpc) is 2.53. The summed E-state index contributed by atoms with van der Waals surface area (Å²) in [5, 5.41) is 12.8. The fourth-order valence-corrected chi connectivity index (χ4v) is 4.27. The molecule has 2 atom stereocenters. The Balaban J connectivity index is 1.86. The molecule has 1 heterocycles. The molecule has 0 unspecified atom stereocenters. The van der Waals surface area contributed by atoms with Gasteiger partial charge in [-0.1, -0.05) is 24.4 Å². The Kier molecular flexibility index (Phi) is 5.15. The van der Waals surface area contributed by atoms with E-state index in [0.717, 1.165) is 25.1 Å². The Bertz CT molecular complexity index is 627. The molecule has 140 valence electrons. The van der Waals surface area contributed by atoms with Crippen LogP contribution < -0.4 is 15.0 Å². The van der Waals surface area contributed by atoms with E-state index >= 15 is 0 Å². The van der Waals surface area contributed by atoms with Gasteiger partial charge >= 0.3 is 6.11 Å². The molecule has 1 saturated carbocycles. The normalized spacial score (nSPS) is 26.2. The summed E-state index contributed by atoms with van der Waals surface area (Å²) in [6.45, 7) is 3.75. The molecular weight excluding hydrogens is 350 g/mol. The molecular formula is C18H25ClF2N2O2. The minimum atomic E-state index is -3.61. The highest BCUT2D eigenvalue weighted by Gasteiger charge is 2.41. The van der Waals surface area contributed by atoms with Crippen LogP contribution >= 0.6 is 11.6 Å². The van der Waals surface area contributed by atoms with Gasteiger partial charge in [0.15, 0.2) is 0 Å². The number of aliphatic hydroxyl groups is 1. The third-order valence-electron chi connectivity index (χ3n) is 4.95. The lowest BCUT2D eigenvalue weighted by molar-refractivity contribution is -0.200. The summed E-state index contributed by atoms with van der Waals surface area (Å²) in [6.07, 6.45) is 1.00. The molecule has 1 aromatic rings. The van der Waals surface area contributed by atoms with E-state index in [4.69, 9.17) is 16.7 Å². The second-order valence-electron chi connectivity index (χ2n) is 7.63. The number of hydrogen-bond donors (Lipinski definition) is 2. The molecule has 3 rings (SSSR count). The lowest BCUT2D eigenvalue weighted by Gasteiger charge is -2.52.